The van der Waals surface area contributed by atoms with Crippen LogP contribution in [0.5, 0.6) is 0 Å². The van der Waals surface area contributed by atoms with E-state index in [1.807, 2.05) is 30.3 Å². The molecule has 1 aliphatic rings. The molecule has 1 saturated heterocycles. The van der Waals surface area contributed by atoms with Crippen molar-refractivity contribution in [2.75, 3.05) is 31.1 Å². The normalized spacial score (nSPS) is 15.3. The summed E-state index contributed by atoms with van der Waals surface area (Å²) >= 11 is 8.19. The summed E-state index contributed by atoms with van der Waals surface area (Å²) < 4.78 is 1.35. The average molecular weight is 387 g/mol. The van der Waals surface area contributed by atoms with Gasteiger partial charge in [-0.1, -0.05) is 35.9 Å². The molecule has 134 valence electrons. The lowest BCUT2D eigenvalue weighted by molar-refractivity contribution is 0.252. The third-order valence-corrected chi connectivity index (χ3v) is 5.79. The Bertz CT molecular complexity index is 918. The summed E-state index contributed by atoms with van der Waals surface area (Å²) in [5.41, 5.74) is 1.16. The van der Waals surface area contributed by atoms with Gasteiger partial charge in [0, 0.05) is 37.6 Å². The molecule has 0 saturated carbocycles. The van der Waals surface area contributed by atoms with E-state index in [-0.39, 0.29) is 10.6 Å². The minimum Gasteiger partial charge on any atom is -0.366 e. The Morgan fingerprint density at radius 2 is 1.81 bits per heavy atom. The van der Waals surface area contributed by atoms with Gasteiger partial charge in [0.1, 0.15) is 5.02 Å². The monoisotopic (exact) mass is 386 g/mol. The number of nitrogens with zero attached hydrogens (tertiary/aromatic N) is 4. The molecule has 0 bridgehead atoms. The summed E-state index contributed by atoms with van der Waals surface area (Å²) in [6.45, 7) is 4.53. The van der Waals surface area contributed by atoms with Crippen molar-refractivity contribution >= 4 is 28.6 Å². The molecule has 0 atom stereocenters. The highest BCUT2D eigenvalue weighted by Crippen LogP contribution is 2.23. The van der Waals surface area contributed by atoms with Crippen LogP contribution in [0.3, 0.4) is 0 Å². The first kappa shape index (κ1) is 17.3. The number of rotatable bonds is 4. The van der Waals surface area contributed by atoms with Gasteiger partial charge in [0.15, 0.2) is 0 Å². The zero-order valence-corrected chi connectivity index (χ0v) is 15.8. The highest BCUT2D eigenvalue weighted by atomic mass is 35.5. The first-order valence-electron chi connectivity index (χ1n) is 8.55. The van der Waals surface area contributed by atoms with Crippen LogP contribution in [0.25, 0.3) is 5.69 Å². The smallest absolute Gasteiger partial charge is 0.292 e. The van der Waals surface area contributed by atoms with E-state index >= 15 is 0 Å². The van der Waals surface area contributed by atoms with Crippen LogP contribution in [0.1, 0.15) is 4.88 Å². The molecule has 0 spiro atoms. The Kier molecular flexibility index (Phi) is 5.06. The van der Waals surface area contributed by atoms with Gasteiger partial charge in [0.25, 0.3) is 5.56 Å². The van der Waals surface area contributed by atoms with E-state index < -0.39 is 0 Å². The molecule has 0 aliphatic carbocycles. The van der Waals surface area contributed by atoms with Gasteiger partial charge in [0.2, 0.25) is 0 Å². The molecule has 1 aromatic carbocycles. The Morgan fingerprint density at radius 1 is 1.04 bits per heavy atom. The molecule has 1 aliphatic heterocycles. The van der Waals surface area contributed by atoms with Crippen LogP contribution < -0.4 is 10.5 Å². The molecular weight excluding hydrogens is 368 g/mol. The Balaban J connectivity index is 1.49. The molecule has 7 heteroatoms. The summed E-state index contributed by atoms with van der Waals surface area (Å²) in [6.07, 6.45) is 1.70. The molecule has 1 fully saturated rings. The summed E-state index contributed by atoms with van der Waals surface area (Å²) in [6, 6.07) is 13.6. The molecule has 4 rings (SSSR count). The summed E-state index contributed by atoms with van der Waals surface area (Å²) in [4.78, 5) is 18.6. The van der Waals surface area contributed by atoms with Gasteiger partial charge < -0.3 is 4.90 Å². The van der Waals surface area contributed by atoms with Crippen molar-refractivity contribution in [2.24, 2.45) is 0 Å². The van der Waals surface area contributed by atoms with Crippen LogP contribution >= 0.6 is 22.9 Å². The van der Waals surface area contributed by atoms with Gasteiger partial charge in [-0.2, -0.15) is 9.78 Å². The van der Waals surface area contributed by atoms with E-state index in [1.54, 1.807) is 17.5 Å². The fourth-order valence-corrected chi connectivity index (χ4v) is 4.16. The maximum atomic E-state index is 12.6. The second kappa shape index (κ2) is 7.61. The molecule has 26 heavy (non-hydrogen) atoms. The molecule has 0 unspecified atom stereocenters. The van der Waals surface area contributed by atoms with E-state index in [9.17, 15) is 4.79 Å². The van der Waals surface area contributed by atoms with Crippen molar-refractivity contribution in [3.8, 4) is 5.69 Å². The SMILES string of the molecule is O=c1c(Cl)c(N2CCN(Cc3cccs3)CC2)cnn1-c1ccccc1. The van der Waals surface area contributed by atoms with Gasteiger partial charge in [0.05, 0.1) is 17.6 Å². The van der Waals surface area contributed by atoms with Crippen LogP contribution in [0.2, 0.25) is 5.02 Å². The van der Waals surface area contributed by atoms with E-state index in [0.717, 1.165) is 38.4 Å². The third-order valence-electron chi connectivity index (χ3n) is 4.57. The molecule has 5 nitrogen and oxygen atoms in total. The van der Waals surface area contributed by atoms with E-state index in [0.29, 0.717) is 5.69 Å². The first-order valence-corrected chi connectivity index (χ1v) is 9.81. The second-order valence-electron chi connectivity index (χ2n) is 6.24. The minimum absolute atomic E-state index is 0.232. The van der Waals surface area contributed by atoms with Crippen molar-refractivity contribution in [1.29, 1.82) is 0 Å². The fourth-order valence-electron chi connectivity index (χ4n) is 3.17. The van der Waals surface area contributed by atoms with E-state index in [4.69, 9.17) is 11.6 Å². The summed E-state index contributed by atoms with van der Waals surface area (Å²) in [5.74, 6) is 0. The van der Waals surface area contributed by atoms with Crippen molar-refractivity contribution < 1.29 is 0 Å². The van der Waals surface area contributed by atoms with Crippen LogP contribution in [-0.4, -0.2) is 40.9 Å². The summed E-state index contributed by atoms with van der Waals surface area (Å²) in [7, 11) is 0. The topological polar surface area (TPSA) is 41.4 Å². The van der Waals surface area contributed by atoms with Gasteiger partial charge in [-0.25, -0.2) is 0 Å². The molecular formula is C19H19ClN4OS. The zero-order valence-electron chi connectivity index (χ0n) is 14.2. The van der Waals surface area contributed by atoms with E-state index in [1.165, 1.54) is 9.56 Å². The van der Waals surface area contributed by atoms with Crippen LogP contribution in [-0.2, 0) is 6.54 Å². The van der Waals surface area contributed by atoms with Crippen LogP contribution in [0.15, 0.2) is 58.8 Å². The van der Waals surface area contributed by atoms with Crippen molar-refractivity contribution in [2.45, 2.75) is 6.54 Å². The molecule has 0 radical (unpaired) electrons. The maximum Gasteiger partial charge on any atom is 0.292 e. The fraction of sp³-hybridized carbons (Fsp3) is 0.263. The number of anilines is 1. The maximum absolute atomic E-state index is 12.6. The highest BCUT2D eigenvalue weighted by Gasteiger charge is 2.21. The van der Waals surface area contributed by atoms with Crippen LogP contribution in [0.4, 0.5) is 5.69 Å². The molecule has 2 aromatic heterocycles. The van der Waals surface area contributed by atoms with Crippen LogP contribution in [0, 0.1) is 0 Å². The van der Waals surface area contributed by atoms with Gasteiger partial charge in [-0.15, -0.1) is 11.3 Å². The quantitative estimate of drug-likeness (QED) is 0.690. The standard InChI is InChI=1S/C19H19ClN4OS/c20-18-17(13-21-24(19(18)25)15-5-2-1-3-6-15)23-10-8-22(9-11-23)14-16-7-4-12-26-16/h1-7,12-13H,8-11,14H2. The van der Waals surface area contributed by atoms with Gasteiger partial charge in [-0.3, -0.25) is 9.69 Å². The number of para-hydroxylation sites is 1. The number of thiophene rings is 1. The number of halogens is 1. The average Bonchev–Trinajstić information content (AvgIpc) is 3.18. The second-order valence-corrected chi connectivity index (χ2v) is 7.65. The minimum atomic E-state index is -0.281. The number of hydrogen-bond acceptors (Lipinski definition) is 5. The summed E-state index contributed by atoms with van der Waals surface area (Å²) in [5, 5.41) is 6.67. The Hall–Kier alpha value is -2.15. The van der Waals surface area contributed by atoms with Gasteiger partial charge >= 0.3 is 0 Å². The number of aromatic nitrogens is 2. The lowest BCUT2D eigenvalue weighted by Gasteiger charge is -2.36. The highest BCUT2D eigenvalue weighted by molar-refractivity contribution is 7.09. The Morgan fingerprint density at radius 3 is 2.50 bits per heavy atom. The van der Waals surface area contributed by atoms with Crippen molar-refractivity contribution in [1.82, 2.24) is 14.7 Å². The van der Waals surface area contributed by atoms with E-state index in [2.05, 4.69) is 32.4 Å². The number of piperazine rings is 1. The molecule has 3 heterocycles. The first-order chi connectivity index (χ1) is 12.7. The molecule has 0 amide bonds. The predicted molar refractivity (Wildman–Crippen MR) is 107 cm³/mol. The molecule has 0 N–H and O–H groups in total. The van der Waals surface area contributed by atoms with Crippen molar-refractivity contribution in [3.05, 3.63) is 74.3 Å². The third kappa shape index (κ3) is 3.53. The van der Waals surface area contributed by atoms with Crippen molar-refractivity contribution in [3.63, 3.8) is 0 Å². The predicted octanol–water partition coefficient (Wildman–Crippen LogP) is 3.27. The lowest BCUT2D eigenvalue weighted by atomic mass is 10.2. The lowest BCUT2D eigenvalue weighted by Crippen LogP contribution is -2.46. The van der Waals surface area contributed by atoms with Gasteiger partial charge in [-0.05, 0) is 23.6 Å². The zero-order chi connectivity index (χ0) is 17.9. The Labute approximate surface area is 161 Å². The number of benzene rings is 1. The number of hydrogen-bond donors (Lipinski definition) is 0. The largest absolute Gasteiger partial charge is 0.366 e. The molecule has 3 aromatic rings.